The van der Waals surface area contributed by atoms with E-state index in [0.29, 0.717) is 30.1 Å². The van der Waals surface area contributed by atoms with Crippen LogP contribution in [0.3, 0.4) is 0 Å². The smallest absolute Gasteiger partial charge is 0.312 e. The van der Waals surface area contributed by atoms with E-state index < -0.39 is 0 Å². The van der Waals surface area contributed by atoms with E-state index in [4.69, 9.17) is 14.7 Å². The number of nitro groups is 1. The van der Waals surface area contributed by atoms with Crippen LogP contribution in [0.1, 0.15) is 19.3 Å². The van der Waals surface area contributed by atoms with Gasteiger partial charge in [0.1, 0.15) is 5.82 Å². The Morgan fingerprint density at radius 2 is 1.55 bits per heavy atom. The molecular formula is C23H25N5O3. The van der Waals surface area contributed by atoms with Crippen LogP contribution in [0.4, 0.5) is 17.3 Å². The van der Waals surface area contributed by atoms with Crippen molar-refractivity contribution in [2.24, 2.45) is 0 Å². The number of hydrogen-bond acceptors (Lipinski definition) is 7. The predicted octanol–water partition coefficient (Wildman–Crippen LogP) is 4.03. The number of anilines is 2. The fraction of sp³-hybridized carbons (Fsp3) is 0.391. The lowest BCUT2D eigenvalue weighted by Gasteiger charge is -2.30. The lowest BCUT2D eigenvalue weighted by Crippen LogP contribution is -2.37. The molecule has 0 amide bonds. The predicted molar refractivity (Wildman–Crippen MR) is 121 cm³/mol. The van der Waals surface area contributed by atoms with Crippen LogP contribution < -0.4 is 9.80 Å². The normalized spacial score (nSPS) is 17.2. The van der Waals surface area contributed by atoms with Crippen LogP contribution in [0.15, 0.2) is 42.5 Å². The number of morpholine rings is 1. The monoisotopic (exact) mass is 419 g/mol. The number of piperidine rings is 1. The van der Waals surface area contributed by atoms with E-state index in [0.717, 1.165) is 62.4 Å². The van der Waals surface area contributed by atoms with Crippen LogP contribution in [0.2, 0.25) is 0 Å². The Labute approximate surface area is 180 Å². The molecule has 0 atom stereocenters. The zero-order valence-corrected chi connectivity index (χ0v) is 17.4. The average molecular weight is 419 g/mol. The van der Waals surface area contributed by atoms with E-state index in [1.165, 1.54) is 0 Å². The van der Waals surface area contributed by atoms with Gasteiger partial charge in [-0.3, -0.25) is 10.1 Å². The second-order valence-electron chi connectivity index (χ2n) is 8.01. The van der Waals surface area contributed by atoms with Crippen molar-refractivity contribution in [2.45, 2.75) is 19.3 Å². The summed E-state index contributed by atoms with van der Waals surface area (Å²) in [6.45, 7) is 4.39. The average Bonchev–Trinajstić information content (AvgIpc) is 2.84. The summed E-state index contributed by atoms with van der Waals surface area (Å²) in [5, 5.41) is 12.6. The van der Waals surface area contributed by atoms with Crippen LogP contribution in [0.5, 0.6) is 0 Å². The van der Waals surface area contributed by atoms with E-state index in [1.54, 1.807) is 6.07 Å². The van der Waals surface area contributed by atoms with Crippen LogP contribution in [0.25, 0.3) is 22.2 Å². The van der Waals surface area contributed by atoms with Crippen molar-refractivity contribution in [3.8, 4) is 11.1 Å². The molecule has 0 bridgehead atoms. The Kier molecular flexibility index (Phi) is 5.38. The minimum atomic E-state index is -0.325. The van der Waals surface area contributed by atoms with Crippen LogP contribution >= 0.6 is 0 Å². The second kappa shape index (κ2) is 8.47. The molecule has 0 saturated carbocycles. The van der Waals surface area contributed by atoms with Crippen molar-refractivity contribution in [3.05, 3.63) is 52.6 Å². The summed E-state index contributed by atoms with van der Waals surface area (Å²) in [6, 6.07) is 13.7. The summed E-state index contributed by atoms with van der Waals surface area (Å²) in [4.78, 5) is 25.5. The Hall–Kier alpha value is -3.26. The third-order valence-corrected chi connectivity index (χ3v) is 5.99. The van der Waals surface area contributed by atoms with Gasteiger partial charge in [-0.15, -0.1) is 0 Å². The molecule has 0 radical (unpaired) electrons. The van der Waals surface area contributed by atoms with Gasteiger partial charge in [0, 0.05) is 43.2 Å². The van der Waals surface area contributed by atoms with Crippen LogP contribution in [-0.4, -0.2) is 54.3 Å². The molecule has 0 unspecified atom stereocenters. The maximum atomic E-state index is 11.9. The first kappa shape index (κ1) is 19.7. The third-order valence-electron chi connectivity index (χ3n) is 5.99. The number of aromatic nitrogens is 2. The molecule has 8 heteroatoms. The lowest BCUT2D eigenvalue weighted by atomic mass is 10.0. The highest BCUT2D eigenvalue weighted by Crippen LogP contribution is 2.36. The molecule has 0 spiro atoms. The SMILES string of the molecule is O=[N+]([O-])c1cc2cc(-c3ccccc3)c(N3CCOCC3)nc2nc1N1CCCCC1. The van der Waals surface area contributed by atoms with Gasteiger partial charge in [0.2, 0.25) is 5.82 Å². The van der Waals surface area contributed by atoms with Gasteiger partial charge in [0.05, 0.1) is 18.1 Å². The second-order valence-corrected chi connectivity index (χ2v) is 8.01. The van der Waals surface area contributed by atoms with Crippen LogP contribution in [0, 0.1) is 10.1 Å². The number of fused-ring (bicyclic) bond motifs is 1. The van der Waals surface area contributed by atoms with E-state index in [2.05, 4.69) is 4.90 Å². The number of rotatable bonds is 4. The first-order chi connectivity index (χ1) is 15.2. The van der Waals surface area contributed by atoms with Crippen LogP contribution in [-0.2, 0) is 4.74 Å². The van der Waals surface area contributed by atoms with Gasteiger partial charge in [0.15, 0.2) is 5.65 Å². The number of hydrogen-bond donors (Lipinski definition) is 0. The summed E-state index contributed by atoms with van der Waals surface area (Å²) in [5.74, 6) is 1.29. The maximum Gasteiger partial charge on any atom is 0.312 e. The quantitative estimate of drug-likeness (QED) is 0.466. The first-order valence-corrected chi connectivity index (χ1v) is 10.8. The highest BCUT2D eigenvalue weighted by Gasteiger charge is 2.26. The molecule has 160 valence electrons. The number of ether oxygens (including phenoxy) is 1. The minimum absolute atomic E-state index is 0.0503. The summed E-state index contributed by atoms with van der Waals surface area (Å²) >= 11 is 0. The molecule has 0 N–H and O–H groups in total. The van der Waals surface area contributed by atoms with Gasteiger partial charge in [-0.05, 0) is 30.9 Å². The van der Waals surface area contributed by atoms with Gasteiger partial charge in [0.25, 0.3) is 0 Å². The van der Waals surface area contributed by atoms with Gasteiger partial charge >= 0.3 is 5.69 Å². The zero-order chi connectivity index (χ0) is 21.2. The molecule has 2 aromatic heterocycles. The molecule has 2 aliphatic rings. The van der Waals surface area contributed by atoms with Crippen molar-refractivity contribution in [2.75, 3.05) is 49.2 Å². The Morgan fingerprint density at radius 3 is 2.26 bits per heavy atom. The Bertz CT molecular complexity index is 1090. The Morgan fingerprint density at radius 1 is 0.871 bits per heavy atom. The van der Waals surface area contributed by atoms with Gasteiger partial charge < -0.3 is 14.5 Å². The highest BCUT2D eigenvalue weighted by atomic mass is 16.6. The first-order valence-electron chi connectivity index (χ1n) is 10.8. The molecule has 2 fully saturated rings. The Balaban J connectivity index is 1.69. The van der Waals surface area contributed by atoms with E-state index >= 15 is 0 Å². The zero-order valence-electron chi connectivity index (χ0n) is 17.4. The minimum Gasteiger partial charge on any atom is -0.378 e. The fourth-order valence-electron chi connectivity index (χ4n) is 4.39. The van der Waals surface area contributed by atoms with Gasteiger partial charge in [-0.25, -0.2) is 9.97 Å². The van der Waals surface area contributed by atoms with Crippen molar-refractivity contribution >= 4 is 28.4 Å². The van der Waals surface area contributed by atoms with Gasteiger partial charge in [-0.1, -0.05) is 30.3 Å². The number of nitrogens with zero attached hydrogens (tertiary/aromatic N) is 5. The van der Waals surface area contributed by atoms with Crippen molar-refractivity contribution in [1.29, 1.82) is 0 Å². The third kappa shape index (κ3) is 3.90. The standard InChI is InChI=1S/C23H25N5O3/c29-28(30)20-16-18-15-19(17-7-3-1-4-8-17)22(27-11-13-31-14-12-27)24-21(18)25-23(20)26-9-5-2-6-10-26/h1,3-4,7-8,15-16H,2,5-6,9-14H2. The molecule has 3 aromatic rings. The maximum absolute atomic E-state index is 11.9. The molecule has 4 heterocycles. The number of pyridine rings is 2. The fourth-order valence-corrected chi connectivity index (χ4v) is 4.39. The van der Waals surface area contributed by atoms with E-state index in [-0.39, 0.29) is 10.6 Å². The summed E-state index contributed by atoms with van der Waals surface area (Å²) in [6.07, 6.45) is 3.20. The molecule has 1 aromatic carbocycles. The van der Waals surface area contributed by atoms with E-state index in [1.807, 2.05) is 41.3 Å². The molecule has 5 rings (SSSR count). The topological polar surface area (TPSA) is 84.6 Å². The largest absolute Gasteiger partial charge is 0.378 e. The molecule has 8 nitrogen and oxygen atoms in total. The molecule has 0 aliphatic carbocycles. The molecular weight excluding hydrogens is 394 g/mol. The lowest BCUT2D eigenvalue weighted by molar-refractivity contribution is -0.384. The van der Waals surface area contributed by atoms with Gasteiger partial charge in [-0.2, -0.15) is 0 Å². The molecule has 2 aliphatic heterocycles. The summed E-state index contributed by atoms with van der Waals surface area (Å²) in [5.41, 5.74) is 2.58. The number of benzene rings is 1. The summed E-state index contributed by atoms with van der Waals surface area (Å²) in [7, 11) is 0. The van der Waals surface area contributed by atoms with E-state index in [9.17, 15) is 10.1 Å². The molecule has 31 heavy (non-hydrogen) atoms. The highest BCUT2D eigenvalue weighted by molar-refractivity contribution is 5.90. The van der Waals surface area contributed by atoms with Crippen molar-refractivity contribution < 1.29 is 9.66 Å². The van der Waals surface area contributed by atoms with Crippen molar-refractivity contribution in [1.82, 2.24) is 9.97 Å². The summed E-state index contributed by atoms with van der Waals surface area (Å²) < 4.78 is 5.53. The van der Waals surface area contributed by atoms with Crippen molar-refractivity contribution in [3.63, 3.8) is 0 Å². The molecule has 2 saturated heterocycles.